The van der Waals surface area contributed by atoms with Gasteiger partial charge in [0.05, 0.1) is 9.79 Å². The van der Waals surface area contributed by atoms with Crippen LogP contribution in [0.25, 0.3) is 43.8 Å². The third-order valence-corrected chi connectivity index (χ3v) is 13.8. The molecule has 0 heterocycles. The first-order valence-electron chi connectivity index (χ1n) is 15.8. The smallest absolute Gasteiger partial charge is 1.00 e. The second kappa shape index (κ2) is 16.4. The average Bonchev–Trinajstić information content (AvgIpc) is 3.10. The molecule has 6 aromatic rings. The molecule has 21 nitrogen and oxygen atoms in total. The number of nitrogens with one attached hydrogen (secondary N) is 2. The number of benzene rings is 6. The van der Waals surface area contributed by atoms with Gasteiger partial charge in [-0.15, -0.1) is 0 Å². The zero-order valence-electron chi connectivity index (χ0n) is 31.2. The van der Waals surface area contributed by atoms with Crippen LogP contribution in [-0.2, 0) is 60.7 Å². The van der Waals surface area contributed by atoms with Crippen LogP contribution in [0, 0.1) is 0 Å². The van der Waals surface area contributed by atoms with E-state index in [4.69, 9.17) is 0 Å². The SMILES string of the molecule is O=C(Nc1cccc(-c2ccc(S(=O)(=O)O)c3cc(S(=O)(=O)O)cc(S(=O)(=O)O)c23)c1)Nc1cccc(-c2ccc(S(=O)(=O)O)c3cc(S(=O)(=O)O)cc(S(=O)(=O)O)c23)c1.[H-].[Na+]. The van der Waals surface area contributed by atoms with Crippen LogP contribution < -0.4 is 40.2 Å². The van der Waals surface area contributed by atoms with Crippen LogP contribution in [0.3, 0.4) is 0 Å². The number of hydrogen-bond donors (Lipinski definition) is 8. The van der Waals surface area contributed by atoms with Crippen molar-refractivity contribution in [3.05, 3.63) is 97.1 Å². The van der Waals surface area contributed by atoms with Crippen molar-refractivity contribution in [1.29, 1.82) is 0 Å². The van der Waals surface area contributed by atoms with Crippen LogP contribution >= 0.6 is 0 Å². The van der Waals surface area contributed by atoms with E-state index < -0.39 is 118 Å². The van der Waals surface area contributed by atoms with E-state index in [0.29, 0.717) is 24.3 Å². The van der Waals surface area contributed by atoms with Gasteiger partial charge in [0, 0.05) is 32.9 Å². The van der Waals surface area contributed by atoms with E-state index >= 15 is 0 Å². The van der Waals surface area contributed by atoms with E-state index in [1.807, 2.05) is 0 Å². The molecule has 61 heavy (non-hydrogen) atoms. The molecule has 0 aromatic heterocycles. The van der Waals surface area contributed by atoms with E-state index in [1.54, 1.807) is 0 Å². The summed E-state index contributed by atoms with van der Waals surface area (Å²) < 4.78 is 206. The van der Waals surface area contributed by atoms with Gasteiger partial charge >= 0.3 is 35.6 Å². The third kappa shape index (κ3) is 10.1. The summed E-state index contributed by atoms with van der Waals surface area (Å²) in [5.74, 6) is 0. The molecule has 0 spiro atoms. The summed E-state index contributed by atoms with van der Waals surface area (Å²) in [6.07, 6.45) is 0. The van der Waals surface area contributed by atoms with Crippen LogP contribution in [0.4, 0.5) is 16.2 Å². The van der Waals surface area contributed by atoms with Gasteiger partial charge in [-0.3, -0.25) is 27.3 Å². The predicted molar refractivity (Wildman–Crippen MR) is 211 cm³/mol. The minimum absolute atomic E-state index is 0. The number of carbonyl (C=O) groups is 1. The van der Waals surface area contributed by atoms with Crippen molar-refractivity contribution in [1.82, 2.24) is 0 Å². The maximum atomic E-state index is 13.2. The molecular weight excluding hydrogens is 944 g/mol. The molecule has 8 N–H and O–H groups in total. The fraction of sp³-hybridized carbons (Fsp3) is 0. The Morgan fingerprint density at radius 2 is 0.738 bits per heavy atom. The molecule has 0 saturated carbocycles. The molecule has 0 unspecified atom stereocenters. The summed E-state index contributed by atoms with van der Waals surface area (Å²) in [7, 11) is -31.5. The summed E-state index contributed by atoms with van der Waals surface area (Å²) in [5.41, 5.74) is -0.338. The molecule has 2 amide bonds. The molecule has 0 bridgehead atoms. The second-order valence-corrected chi connectivity index (χ2v) is 20.9. The van der Waals surface area contributed by atoms with Crippen LogP contribution in [0.15, 0.2) is 126 Å². The molecule has 0 aliphatic rings. The summed E-state index contributed by atoms with van der Waals surface area (Å²) in [6.45, 7) is 0. The van der Waals surface area contributed by atoms with Crippen molar-refractivity contribution >= 4 is 99.7 Å². The Morgan fingerprint density at radius 3 is 1.03 bits per heavy atom. The zero-order chi connectivity index (χ0) is 44.5. The standard InChI is InChI=1S/C33H24N2O19S6.Na.H/c36-33(34-19-5-1-3-17(11-19)23-7-9-27(57(43,44)45)25-13-21(55(37,38)39)15-29(31(23)25)59(49,50)51)35-20-6-2-4-18(12-20)24-8-10-28(58(46,47)48)26-14-22(56(40,41)42)16-30(32(24)26)60(52,53)54;;/h1-16H,(H2,34,35,36)(H,37,38,39)(H,40,41,42)(H,43,44,45)(H,46,47,48)(H,49,50,51)(H,52,53,54);;/q;+1;-1. The fourth-order valence-electron chi connectivity index (χ4n) is 6.25. The summed E-state index contributed by atoms with van der Waals surface area (Å²) in [6, 6.07) is 15.0. The zero-order valence-corrected chi connectivity index (χ0v) is 37.1. The van der Waals surface area contributed by atoms with Gasteiger partial charge < -0.3 is 12.1 Å². The van der Waals surface area contributed by atoms with Crippen molar-refractivity contribution in [3.8, 4) is 22.3 Å². The van der Waals surface area contributed by atoms with Crippen molar-refractivity contribution in [2.24, 2.45) is 0 Å². The van der Waals surface area contributed by atoms with Crippen molar-refractivity contribution in [3.63, 3.8) is 0 Å². The van der Waals surface area contributed by atoms with Gasteiger partial charge in [0.15, 0.2) is 0 Å². The number of hydrogen-bond acceptors (Lipinski definition) is 13. The van der Waals surface area contributed by atoms with E-state index in [9.17, 15) is 82.6 Å². The molecule has 318 valence electrons. The Morgan fingerprint density at radius 1 is 0.410 bits per heavy atom. The van der Waals surface area contributed by atoms with Crippen LogP contribution in [0.1, 0.15) is 1.43 Å². The van der Waals surface area contributed by atoms with Gasteiger partial charge in [-0.1, -0.05) is 36.4 Å². The van der Waals surface area contributed by atoms with Gasteiger partial charge in [0.1, 0.15) is 19.6 Å². The number of anilines is 2. The van der Waals surface area contributed by atoms with Gasteiger partial charge in [-0.05, 0) is 82.9 Å². The molecule has 0 atom stereocenters. The maximum Gasteiger partial charge on any atom is 1.00 e. The number of urea groups is 1. The van der Waals surface area contributed by atoms with E-state index in [1.165, 1.54) is 48.5 Å². The topological polar surface area (TPSA) is 367 Å². The first-order valence-corrected chi connectivity index (χ1v) is 24.4. The normalized spacial score (nSPS) is 12.8. The van der Waals surface area contributed by atoms with E-state index in [2.05, 4.69) is 10.6 Å². The second-order valence-electron chi connectivity index (χ2n) is 12.5. The Hall–Kier alpha value is -4.43. The molecular formula is C33H25N2NaO19S6. The number of amides is 2. The number of carbonyl (C=O) groups excluding carboxylic acids is 1. The van der Waals surface area contributed by atoms with Gasteiger partial charge in [0.2, 0.25) is 0 Å². The van der Waals surface area contributed by atoms with E-state index in [-0.39, 0.29) is 64.6 Å². The van der Waals surface area contributed by atoms with E-state index in [0.717, 1.165) is 24.3 Å². The number of rotatable bonds is 10. The molecule has 0 aliphatic carbocycles. The number of fused-ring (bicyclic) bond motifs is 2. The van der Waals surface area contributed by atoms with Crippen LogP contribution in [-0.4, -0.2) is 83.9 Å². The summed E-state index contributed by atoms with van der Waals surface area (Å²) in [4.78, 5) is 6.63. The van der Waals surface area contributed by atoms with Crippen molar-refractivity contribution < 1.29 is 114 Å². The van der Waals surface area contributed by atoms with Gasteiger partial charge in [-0.25, -0.2) is 4.79 Å². The summed E-state index contributed by atoms with van der Waals surface area (Å²) in [5, 5.41) is 2.24. The first-order chi connectivity index (χ1) is 27.4. The predicted octanol–water partition coefficient (Wildman–Crippen LogP) is 1.57. The van der Waals surface area contributed by atoms with Crippen LogP contribution in [0.5, 0.6) is 0 Å². The summed E-state index contributed by atoms with van der Waals surface area (Å²) >= 11 is 0. The fourth-order valence-corrected chi connectivity index (χ4v) is 10.3. The Kier molecular flexibility index (Phi) is 12.8. The Bertz CT molecular complexity index is 3340. The minimum Gasteiger partial charge on any atom is -1.00 e. The maximum absolute atomic E-state index is 13.2. The van der Waals surface area contributed by atoms with Crippen molar-refractivity contribution in [2.75, 3.05) is 10.6 Å². The molecule has 0 fully saturated rings. The molecule has 0 saturated heterocycles. The monoisotopic (exact) mass is 968 g/mol. The average molecular weight is 969 g/mol. The Labute approximate surface area is 369 Å². The van der Waals surface area contributed by atoms with Crippen LogP contribution in [0.2, 0.25) is 0 Å². The molecule has 0 radical (unpaired) electrons. The molecule has 6 aromatic carbocycles. The van der Waals surface area contributed by atoms with Crippen molar-refractivity contribution in [2.45, 2.75) is 29.4 Å². The largest absolute Gasteiger partial charge is 1.00 e. The molecule has 0 aliphatic heterocycles. The molecule has 6 rings (SSSR count). The molecule has 28 heteroatoms. The van der Waals surface area contributed by atoms with Gasteiger partial charge in [0.25, 0.3) is 60.7 Å². The third-order valence-electron chi connectivity index (χ3n) is 8.59. The Balaban J connectivity index is 0.00000422. The van der Waals surface area contributed by atoms with Gasteiger partial charge in [-0.2, -0.15) is 50.5 Å². The first kappa shape index (κ1) is 47.6. The quantitative estimate of drug-likeness (QED) is 0.0713. The minimum atomic E-state index is -5.38.